The Labute approximate surface area is 128 Å². The van der Waals surface area contributed by atoms with Crippen molar-refractivity contribution in [2.75, 3.05) is 24.7 Å². The second kappa shape index (κ2) is 5.49. The predicted molar refractivity (Wildman–Crippen MR) is 83.0 cm³/mol. The molecule has 1 spiro atoms. The number of hydrogen-bond acceptors (Lipinski definition) is 2. The summed E-state index contributed by atoms with van der Waals surface area (Å²) in [7, 11) is 0. The maximum Gasteiger partial charge on any atom is 0.233 e. The second-order valence-corrected chi connectivity index (χ2v) is 6.64. The van der Waals surface area contributed by atoms with Crippen molar-refractivity contribution in [1.82, 2.24) is 0 Å². The number of amides is 1. The molecule has 1 amide bonds. The molecule has 2 aliphatic rings. The quantitative estimate of drug-likeness (QED) is 0.825. The van der Waals surface area contributed by atoms with E-state index in [0.717, 1.165) is 55.6 Å². The molecule has 2 aliphatic heterocycles. The highest BCUT2D eigenvalue weighted by atomic mass is 79.9. The van der Waals surface area contributed by atoms with Crippen LogP contribution in [0.2, 0.25) is 0 Å². The van der Waals surface area contributed by atoms with Crippen LogP contribution in [0.3, 0.4) is 0 Å². The molecule has 3 rings (SSSR count). The maximum absolute atomic E-state index is 12.9. The summed E-state index contributed by atoms with van der Waals surface area (Å²) in [6.07, 6.45) is 3.66. The van der Waals surface area contributed by atoms with Gasteiger partial charge in [0.05, 0.1) is 5.41 Å². The minimum Gasteiger partial charge on any atom is -0.381 e. The Hall–Kier alpha value is -0.870. The fourth-order valence-electron chi connectivity index (χ4n) is 3.38. The summed E-state index contributed by atoms with van der Waals surface area (Å²) >= 11 is 3.51. The second-order valence-electron chi connectivity index (χ2n) is 5.73. The Balaban J connectivity index is 1.91. The third-order valence-electron chi connectivity index (χ3n) is 4.68. The molecule has 0 radical (unpaired) electrons. The van der Waals surface area contributed by atoms with Gasteiger partial charge in [0.1, 0.15) is 0 Å². The number of aryl methyl sites for hydroxylation is 1. The Morgan fingerprint density at radius 2 is 2.05 bits per heavy atom. The zero-order valence-corrected chi connectivity index (χ0v) is 13.4. The molecule has 2 fully saturated rings. The van der Waals surface area contributed by atoms with E-state index in [1.807, 2.05) is 11.0 Å². The topological polar surface area (TPSA) is 29.5 Å². The van der Waals surface area contributed by atoms with Gasteiger partial charge in [-0.3, -0.25) is 4.79 Å². The summed E-state index contributed by atoms with van der Waals surface area (Å²) in [6, 6.07) is 6.22. The largest absolute Gasteiger partial charge is 0.381 e. The van der Waals surface area contributed by atoms with Crippen molar-refractivity contribution < 1.29 is 9.53 Å². The Kier molecular flexibility index (Phi) is 3.87. The van der Waals surface area contributed by atoms with Gasteiger partial charge < -0.3 is 9.64 Å². The highest BCUT2D eigenvalue weighted by molar-refractivity contribution is 9.10. The molecule has 1 aromatic rings. The van der Waals surface area contributed by atoms with Crippen molar-refractivity contribution in [2.45, 2.75) is 32.6 Å². The minimum atomic E-state index is -0.156. The third-order valence-corrected chi connectivity index (χ3v) is 5.17. The molecule has 0 aliphatic carbocycles. The van der Waals surface area contributed by atoms with Gasteiger partial charge in [-0.15, -0.1) is 0 Å². The first-order valence-electron chi connectivity index (χ1n) is 7.34. The summed E-state index contributed by atoms with van der Waals surface area (Å²) in [6.45, 7) is 4.42. The molecule has 0 atom stereocenters. The molecule has 108 valence electrons. The van der Waals surface area contributed by atoms with Gasteiger partial charge in [0.15, 0.2) is 0 Å². The minimum absolute atomic E-state index is 0.156. The molecular formula is C16H20BrNO2. The number of ether oxygens (including phenoxy) is 1. The van der Waals surface area contributed by atoms with E-state index in [9.17, 15) is 4.79 Å². The van der Waals surface area contributed by atoms with Crippen molar-refractivity contribution in [3.8, 4) is 0 Å². The van der Waals surface area contributed by atoms with E-state index >= 15 is 0 Å². The molecule has 0 bridgehead atoms. The molecule has 20 heavy (non-hydrogen) atoms. The lowest BCUT2D eigenvalue weighted by Crippen LogP contribution is -2.39. The van der Waals surface area contributed by atoms with Crippen LogP contribution in [0.1, 0.15) is 31.7 Å². The Morgan fingerprint density at radius 3 is 2.75 bits per heavy atom. The summed E-state index contributed by atoms with van der Waals surface area (Å²) in [5.41, 5.74) is 2.16. The molecule has 1 aromatic carbocycles. The highest BCUT2D eigenvalue weighted by Crippen LogP contribution is 2.43. The average Bonchev–Trinajstić information content (AvgIpc) is 2.77. The van der Waals surface area contributed by atoms with E-state index in [4.69, 9.17) is 4.74 Å². The van der Waals surface area contributed by atoms with Gasteiger partial charge in [-0.1, -0.05) is 22.9 Å². The van der Waals surface area contributed by atoms with Gasteiger partial charge in [0, 0.05) is 29.9 Å². The number of nitrogens with zero attached hydrogens (tertiary/aromatic N) is 1. The molecular weight excluding hydrogens is 318 g/mol. The van der Waals surface area contributed by atoms with Gasteiger partial charge in [-0.2, -0.15) is 0 Å². The van der Waals surface area contributed by atoms with Crippen molar-refractivity contribution >= 4 is 27.5 Å². The first-order valence-corrected chi connectivity index (χ1v) is 8.14. The summed E-state index contributed by atoms with van der Waals surface area (Å²) in [5.74, 6) is 0.304. The van der Waals surface area contributed by atoms with Gasteiger partial charge in [-0.25, -0.2) is 0 Å². The summed E-state index contributed by atoms with van der Waals surface area (Å²) in [5, 5.41) is 0. The molecule has 0 saturated carbocycles. The molecule has 0 aromatic heterocycles. The number of carbonyl (C=O) groups is 1. The van der Waals surface area contributed by atoms with Gasteiger partial charge in [0.25, 0.3) is 0 Å². The number of halogens is 1. The van der Waals surface area contributed by atoms with E-state index in [1.165, 1.54) is 5.56 Å². The fourth-order valence-corrected chi connectivity index (χ4v) is 3.79. The lowest BCUT2D eigenvalue weighted by Gasteiger charge is -2.31. The molecule has 0 unspecified atom stereocenters. The predicted octanol–water partition coefficient (Wildman–Crippen LogP) is 3.55. The van der Waals surface area contributed by atoms with E-state index < -0.39 is 0 Å². The van der Waals surface area contributed by atoms with Crippen LogP contribution >= 0.6 is 15.9 Å². The number of hydrogen-bond donors (Lipinski definition) is 0. The van der Waals surface area contributed by atoms with Crippen molar-refractivity contribution in [3.63, 3.8) is 0 Å². The third kappa shape index (κ3) is 2.29. The number of benzene rings is 1. The van der Waals surface area contributed by atoms with Gasteiger partial charge in [0.2, 0.25) is 5.91 Å². The van der Waals surface area contributed by atoms with Crippen LogP contribution in [-0.2, 0) is 16.0 Å². The summed E-state index contributed by atoms with van der Waals surface area (Å²) < 4.78 is 6.50. The van der Waals surface area contributed by atoms with Crippen LogP contribution in [0.15, 0.2) is 22.7 Å². The zero-order chi connectivity index (χ0) is 14.2. The molecule has 3 nitrogen and oxygen atoms in total. The standard InChI is InChI=1S/C16H20BrNO2/c1-2-12-11-13(17)3-4-14(12)18-8-5-16(15(18)19)6-9-20-10-7-16/h3-4,11H,2,5-10H2,1H3. The van der Waals surface area contributed by atoms with Crippen molar-refractivity contribution in [3.05, 3.63) is 28.2 Å². The lowest BCUT2D eigenvalue weighted by molar-refractivity contribution is -0.130. The monoisotopic (exact) mass is 337 g/mol. The van der Waals surface area contributed by atoms with Gasteiger partial charge in [-0.05, 0) is 49.4 Å². The number of carbonyl (C=O) groups excluding carboxylic acids is 1. The van der Waals surface area contributed by atoms with E-state index in [0.29, 0.717) is 5.91 Å². The fraction of sp³-hybridized carbons (Fsp3) is 0.562. The summed E-state index contributed by atoms with van der Waals surface area (Å²) in [4.78, 5) is 14.9. The van der Waals surface area contributed by atoms with Crippen LogP contribution < -0.4 is 4.90 Å². The number of anilines is 1. The SMILES string of the molecule is CCc1cc(Br)ccc1N1CCC2(CCOCC2)C1=O. The zero-order valence-electron chi connectivity index (χ0n) is 11.8. The van der Waals surface area contributed by atoms with Crippen molar-refractivity contribution in [1.29, 1.82) is 0 Å². The molecule has 0 N–H and O–H groups in total. The van der Waals surface area contributed by atoms with E-state index in [1.54, 1.807) is 0 Å². The van der Waals surface area contributed by atoms with E-state index in [-0.39, 0.29) is 5.41 Å². The van der Waals surface area contributed by atoms with Crippen LogP contribution in [0.25, 0.3) is 0 Å². The Morgan fingerprint density at radius 1 is 1.30 bits per heavy atom. The van der Waals surface area contributed by atoms with Crippen LogP contribution in [-0.4, -0.2) is 25.7 Å². The highest BCUT2D eigenvalue weighted by Gasteiger charge is 2.47. The maximum atomic E-state index is 12.9. The van der Waals surface area contributed by atoms with Gasteiger partial charge >= 0.3 is 0 Å². The molecule has 4 heteroatoms. The lowest BCUT2D eigenvalue weighted by atomic mass is 9.79. The van der Waals surface area contributed by atoms with Crippen molar-refractivity contribution in [2.24, 2.45) is 5.41 Å². The first-order chi connectivity index (χ1) is 9.66. The smallest absolute Gasteiger partial charge is 0.233 e. The van der Waals surface area contributed by atoms with Crippen LogP contribution in [0, 0.1) is 5.41 Å². The van der Waals surface area contributed by atoms with Crippen LogP contribution in [0.5, 0.6) is 0 Å². The molecule has 2 heterocycles. The Bertz CT molecular complexity index is 523. The van der Waals surface area contributed by atoms with E-state index in [2.05, 4.69) is 35.0 Å². The number of rotatable bonds is 2. The average molecular weight is 338 g/mol. The molecule has 2 saturated heterocycles. The normalized spacial score (nSPS) is 21.7. The van der Waals surface area contributed by atoms with Crippen LogP contribution in [0.4, 0.5) is 5.69 Å². The first kappa shape index (κ1) is 14.1.